The van der Waals surface area contributed by atoms with Crippen molar-refractivity contribution in [3.63, 3.8) is 0 Å². The highest BCUT2D eigenvalue weighted by molar-refractivity contribution is 5.91. The third kappa shape index (κ3) is 10.2. The van der Waals surface area contributed by atoms with E-state index in [1.165, 1.54) is 5.56 Å². The third-order valence-corrected chi connectivity index (χ3v) is 6.37. The molecule has 3 amide bonds. The maximum atomic E-state index is 13.5. The van der Waals surface area contributed by atoms with Crippen LogP contribution in [-0.4, -0.2) is 36.0 Å². The van der Waals surface area contributed by atoms with Crippen LogP contribution >= 0.6 is 0 Å². The number of carbonyl (C=O) groups excluding carboxylic acids is 3. The average molecular weight is 476 g/mol. The van der Waals surface area contributed by atoms with Crippen LogP contribution in [0, 0.1) is 17.3 Å². The van der Waals surface area contributed by atoms with Gasteiger partial charge in [-0.1, -0.05) is 90.1 Å². The predicted molar refractivity (Wildman–Crippen MR) is 135 cm³/mol. The van der Waals surface area contributed by atoms with E-state index >= 15 is 0 Å². The van der Waals surface area contributed by atoms with Gasteiger partial charge in [0.25, 0.3) is 0 Å². The lowest BCUT2D eigenvalue weighted by atomic mass is 9.81. The van der Waals surface area contributed by atoms with Gasteiger partial charge in [-0.25, -0.2) is 5.48 Å². The molecule has 0 aliphatic carbocycles. The minimum atomic E-state index is -0.727. The molecule has 0 radical (unpaired) electrons. The maximum absolute atomic E-state index is 13.5. The van der Waals surface area contributed by atoms with Gasteiger partial charge in [0.05, 0.1) is 5.92 Å². The summed E-state index contributed by atoms with van der Waals surface area (Å²) < 4.78 is 0. The Labute approximate surface area is 205 Å². The first-order chi connectivity index (χ1) is 16.1. The molecule has 192 valence electrons. The van der Waals surface area contributed by atoms with Gasteiger partial charge in [0, 0.05) is 13.0 Å². The summed E-state index contributed by atoms with van der Waals surface area (Å²) in [6.45, 7) is 7.83. The number of hydrogen-bond donors (Lipinski definition) is 4. The Bertz CT molecular complexity index is 746. The van der Waals surface area contributed by atoms with E-state index in [2.05, 4.69) is 17.6 Å². The summed E-state index contributed by atoms with van der Waals surface area (Å²) in [6.07, 6.45) is 7.62. The molecule has 3 atom stereocenters. The van der Waals surface area contributed by atoms with Crippen molar-refractivity contribution >= 4 is 17.7 Å². The van der Waals surface area contributed by atoms with Crippen LogP contribution in [0.15, 0.2) is 30.3 Å². The van der Waals surface area contributed by atoms with E-state index in [-0.39, 0.29) is 11.8 Å². The van der Waals surface area contributed by atoms with Gasteiger partial charge in [-0.2, -0.15) is 0 Å². The molecule has 0 heterocycles. The summed E-state index contributed by atoms with van der Waals surface area (Å²) in [5.74, 6) is -2.43. The number of hydroxylamine groups is 1. The van der Waals surface area contributed by atoms with Crippen LogP contribution in [0.2, 0.25) is 0 Å². The van der Waals surface area contributed by atoms with Gasteiger partial charge < -0.3 is 10.6 Å². The molecule has 34 heavy (non-hydrogen) atoms. The average Bonchev–Trinajstić information content (AvgIpc) is 2.82. The number of unbranched alkanes of at least 4 members (excludes halogenated alkanes) is 4. The van der Waals surface area contributed by atoms with Crippen LogP contribution in [0.4, 0.5) is 0 Å². The monoisotopic (exact) mass is 475 g/mol. The molecule has 0 aliphatic rings. The van der Waals surface area contributed by atoms with Crippen molar-refractivity contribution in [2.24, 2.45) is 17.3 Å². The topological polar surface area (TPSA) is 108 Å². The Hall–Kier alpha value is -2.41. The van der Waals surface area contributed by atoms with Gasteiger partial charge >= 0.3 is 0 Å². The van der Waals surface area contributed by atoms with E-state index in [4.69, 9.17) is 0 Å². The predicted octanol–water partition coefficient (Wildman–Crippen LogP) is 4.38. The van der Waals surface area contributed by atoms with E-state index in [1.54, 1.807) is 12.5 Å². The van der Waals surface area contributed by atoms with Gasteiger partial charge in [0.1, 0.15) is 6.04 Å². The van der Waals surface area contributed by atoms with Crippen molar-refractivity contribution < 1.29 is 19.6 Å². The molecule has 0 bridgehead atoms. The third-order valence-electron chi connectivity index (χ3n) is 6.37. The molecule has 0 aliphatic heterocycles. The van der Waals surface area contributed by atoms with Gasteiger partial charge in [-0.15, -0.1) is 0 Å². The standard InChI is InChI=1S/C27H45N3O4/c1-6-7-8-9-13-18-21(24(31)29-23(26(33)28-5)27(2,3)4)22(25(32)30-34)19-14-17-20-15-11-10-12-16-20/h10-12,15-16,21-23,34H,6-9,13-14,17-19H2,1-5H3,(H,28,33)(H,29,31)(H,30,32)/t21-,22+,23-/m1/s1. The van der Waals surface area contributed by atoms with Gasteiger partial charge in [-0.3, -0.25) is 19.6 Å². The molecule has 7 heteroatoms. The first-order valence-electron chi connectivity index (χ1n) is 12.7. The number of nitrogens with one attached hydrogen (secondary N) is 3. The van der Waals surface area contributed by atoms with E-state index in [1.807, 2.05) is 51.1 Å². The van der Waals surface area contributed by atoms with Crippen molar-refractivity contribution in [1.29, 1.82) is 0 Å². The zero-order valence-electron chi connectivity index (χ0n) is 21.7. The van der Waals surface area contributed by atoms with E-state index in [0.29, 0.717) is 19.3 Å². The number of hydrogen-bond acceptors (Lipinski definition) is 4. The summed E-state index contributed by atoms with van der Waals surface area (Å²) in [6, 6.07) is 9.26. The molecule has 0 spiro atoms. The fourth-order valence-electron chi connectivity index (χ4n) is 4.32. The summed E-state index contributed by atoms with van der Waals surface area (Å²) in [5.41, 5.74) is 2.45. The molecule has 0 aromatic heterocycles. The molecule has 0 saturated heterocycles. The number of benzene rings is 1. The van der Waals surface area contributed by atoms with Gasteiger partial charge in [0.15, 0.2) is 0 Å². The van der Waals surface area contributed by atoms with Crippen LogP contribution in [0.25, 0.3) is 0 Å². The molecule has 4 N–H and O–H groups in total. The summed E-state index contributed by atoms with van der Waals surface area (Å²) in [7, 11) is 1.55. The summed E-state index contributed by atoms with van der Waals surface area (Å²) in [4.78, 5) is 38.7. The second-order valence-electron chi connectivity index (χ2n) is 10.2. The van der Waals surface area contributed by atoms with Gasteiger partial charge in [-0.05, 0) is 36.7 Å². The lowest BCUT2D eigenvalue weighted by molar-refractivity contribution is -0.142. The SMILES string of the molecule is CCCCCCC[C@@H](C(=O)N[C@H](C(=O)NC)C(C)(C)C)[C@H](CCCc1ccccc1)C(=O)NO. The number of carbonyl (C=O) groups is 3. The molecule has 1 aromatic rings. The highest BCUT2D eigenvalue weighted by Gasteiger charge is 2.38. The highest BCUT2D eigenvalue weighted by Crippen LogP contribution is 2.27. The highest BCUT2D eigenvalue weighted by atomic mass is 16.5. The van der Waals surface area contributed by atoms with E-state index in [9.17, 15) is 19.6 Å². The first-order valence-corrected chi connectivity index (χ1v) is 12.7. The van der Waals surface area contributed by atoms with Crippen LogP contribution in [0.5, 0.6) is 0 Å². The summed E-state index contributed by atoms with van der Waals surface area (Å²) >= 11 is 0. The van der Waals surface area contributed by atoms with Crippen molar-refractivity contribution in [2.45, 2.75) is 91.5 Å². The zero-order valence-corrected chi connectivity index (χ0v) is 21.7. The molecule has 7 nitrogen and oxygen atoms in total. The first kappa shape index (κ1) is 29.6. The Morgan fingerprint density at radius 2 is 1.44 bits per heavy atom. The molecule has 1 rings (SSSR count). The second kappa shape index (κ2) is 15.5. The molecule has 0 saturated carbocycles. The summed E-state index contributed by atoms with van der Waals surface area (Å²) in [5, 5.41) is 15.0. The number of amides is 3. The van der Waals surface area contributed by atoms with Crippen molar-refractivity contribution in [3.05, 3.63) is 35.9 Å². The van der Waals surface area contributed by atoms with Gasteiger partial charge in [0.2, 0.25) is 17.7 Å². The smallest absolute Gasteiger partial charge is 0.247 e. The van der Waals surface area contributed by atoms with Crippen molar-refractivity contribution in [2.75, 3.05) is 7.05 Å². The molecule has 0 unspecified atom stereocenters. The number of likely N-dealkylation sites (N-methyl/N-ethyl adjacent to an activating group) is 1. The maximum Gasteiger partial charge on any atom is 0.247 e. The Kier molecular flexibility index (Phi) is 13.5. The lowest BCUT2D eigenvalue weighted by Gasteiger charge is -2.33. The quantitative estimate of drug-likeness (QED) is 0.171. The van der Waals surface area contributed by atoms with Crippen LogP contribution in [0.1, 0.15) is 84.6 Å². The Morgan fingerprint density at radius 1 is 0.853 bits per heavy atom. The van der Waals surface area contributed by atoms with E-state index < -0.39 is 29.2 Å². The molecule has 0 fully saturated rings. The number of aryl methyl sites for hydroxylation is 1. The number of rotatable bonds is 15. The Morgan fingerprint density at radius 3 is 2.00 bits per heavy atom. The molecular formula is C27H45N3O4. The second-order valence-corrected chi connectivity index (χ2v) is 10.2. The van der Waals surface area contributed by atoms with Crippen LogP contribution < -0.4 is 16.1 Å². The largest absolute Gasteiger partial charge is 0.357 e. The van der Waals surface area contributed by atoms with E-state index in [0.717, 1.165) is 38.5 Å². The van der Waals surface area contributed by atoms with Crippen molar-refractivity contribution in [3.8, 4) is 0 Å². The lowest BCUT2D eigenvalue weighted by Crippen LogP contribution is -2.55. The minimum absolute atomic E-state index is 0.269. The Balaban J connectivity index is 3.05. The molecule has 1 aromatic carbocycles. The zero-order chi connectivity index (χ0) is 25.6. The van der Waals surface area contributed by atoms with Crippen LogP contribution in [-0.2, 0) is 20.8 Å². The normalized spacial score (nSPS) is 14.1. The van der Waals surface area contributed by atoms with Crippen molar-refractivity contribution in [1.82, 2.24) is 16.1 Å². The fraction of sp³-hybridized carbons (Fsp3) is 0.667. The fourth-order valence-corrected chi connectivity index (χ4v) is 4.32. The molecular weight excluding hydrogens is 430 g/mol. The van der Waals surface area contributed by atoms with Crippen LogP contribution in [0.3, 0.4) is 0 Å². The minimum Gasteiger partial charge on any atom is -0.357 e.